The molecule has 2 fully saturated rings. The molecule has 2 aromatic carbocycles. The second-order valence-corrected chi connectivity index (χ2v) is 11.3. The number of carbonyl (C=O) groups excluding carboxylic acids is 1. The minimum atomic E-state index is -3.66. The number of amides is 1. The number of fused-ring (bicyclic) bond motifs is 1. The van der Waals surface area contributed by atoms with Crippen molar-refractivity contribution in [3.05, 3.63) is 54.1 Å². The summed E-state index contributed by atoms with van der Waals surface area (Å²) in [5, 5.41) is 9.83. The number of nitrogens with one attached hydrogen (secondary N) is 3. The molecule has 2 aromatic rings. The molecular weight excluding hydrogens is 438 g/mol. The van der Waals surface area contributed by atoms with E-state index in [0.29, 0.717) is 36.8 Å². The Kier molecular flexibility index (Phi) is 7.36. The summed E-state index contributed by atoms with van der Waals surface area (Å²) in [5.41, 5.74) is 0.855. The molecule has 0 bridgehead atoms. The van der Waals surface area contributed by atoms with E-state index in [1.807, 2.05) is 13.8 Å². The molecule has 8 heteroatoms. The van der Waals surface area contributed by atoms with E-state index in [-0.39, 0.29) is 21.7 Å². The van der Waals surface area contributed by atoms with Crippen molar-refractivity contribution in [2.75, 3.05) is 19.7 Å². The molecule has 1 amide bonds. The molecule has 0 aliphatic carbocycles. The van der Waals surface area contributed by atoms with Crippen LogP contribution in [0, 0.1) is 11.8 Å². The highest BCUT2D eigenvalue weighted by Gasteiger charge is 2.38. The first-order chi connectivity index (χ1) is 15.8. The standard InChI is InChI=1S/C25H33N3O4S/c1-17(2)16-32-20-4-3-5-22(13-20)33(30,31)21-8-6-18(7-9-21)14-27-25(29)24-12-19-15-26-11-10-23(19)28-24/h3-9,13,17,19,23-24,26,28H,10-12,14-16H2,1-2H3,(H,27,29). The fourth-order valence-electron chi connectivity index (χ4n) is 4.43. The van der Waals surface area contributed by atoms with Crippen LogP contribution in [0.25, 0.3) is 0 Å². The van der Waals surface area contributed by atoms with Gasteiger partial charge in [-0.2, -0.15) is 0 Å². The summed E-state index contributed by atoms with van der Waals surface area (Å²) < 4.78 is 31.8. The number of rotatable bonds is 8. The molecule has 7 nitrogen and oxygen atoms in total. The second kappa shape index (κ2) is 10.2. The Morgan fingerprint density at radius 2 is 1.94 bits per heavy atom. The van der Waals surface area contributed by atoms with Crippen LogP contribution in [0.1, 0.15) is 32.3 Å². The van der Waals surface area contributed by atoms with Crippen LogP contribution in [0.3, 0.4) is 0 Å². The zero-order valence-electron chi connectivity index (χ0n) is 19.2. The zero-order chi connectivity index (χ0) is 23.4. The van der Waals surface area contributed by atoms with Gasteiger partial charge in [-0.1, -0.05) is 32.0 Å². The highest BCUT2D eigenvalue weighted by atomic mass is 32.2. The van der Waals surface area contributed by atoms with Crippen molar-refractivity contribution in [1.29, 1.82) is 0 Å². The molecule has 3 N–H and O–H groups in total. The molecule has 0 spiro atoms. The molecule has 33 heavy (non-hydrogen) atoms. The maximum absolute atomic E-state index is 13.1. The molecule has 178 valence electrons. The molecule has 2 aliphatic rings. The number of benzene rings is 2. The number of hydrogen-bond donors (Lipinski definition) is 3. The molecule has 2 saturated heterocycles. The summed E-state index contributed by atoms with van der Waals surface area (Å²) in [6, 6.07) is 13.5. The van der Waals surface area contributed by atoms with E-state index >= 15 is 0 Å². The zero-order valence-corrected chi connectivity index (χ0v) is 20.0. The molecule has 2 aliphatic heterocycles. The fourth-order valence-corrected chi connectivity index (χ4v) is 5.73. The molecule has 0 saturated carbocycles. The Labute approximate surface area is 196 Å². The van der Waals surface area contributed by atoms with Crippen molar-refractivity contribution in [1.82, 2.24) is 16.0 Å². The number of carbonyl (C=O) groups is 1. The second-order valence-electron chi connectivity index (χ2n) is 9.36. The van der Waals surface area contributed by atoms with Gasteiger partial charge in [-0.25, -0.2) is 8.42 Å². The molecule has 3 unspecified atom stereocenters. The lowest BCUT2D eigenvalue weighted by Gasteiger charge is -2.25. The summed E-state index contributed by atoms with van der Waals surface area (Å²) >= 11 is 0. The number of piperidine rings is 1. The highest BCUT2D eigenvalue weighted by molar-refractivity contribution is 7.91. The molecule has 0 aromatic heterocycles. The average Bonchev–Trinajstić information content (AvgIpc) is 3.26. The minimum Gasteiger partial charge on any atom is -0.493 e. The van der Waals surface area contributed by atoms with Gasteiger partial charge in [0.2, 0.25) is 15.7 Å². The van der Waals surface area contributed by atoms with Crippen molar-refractivity contribution < 1.29 is 17.9 Å². The van der Waals surface area contributed by atoms with Crippen LogP contribution in [0.4, 0.5) is 0 Å². The third-order valence-electron chi connectivity index (χ3n) is 6.28. The Balaban J connectivity index is 1.36. The van der Waals surface area contributed by atoms with E-state index in [4.69, 9.17) is 4.74 Å². The van der Waals surface area contributed by atoms with Crippen molar-refractivity contribution in [2.45, 2.75) is 55.1 Å². The summed E-state index contributed by atoms with van der Waals surface area (Å²) in [6.45, 7) is 6.93. The molecule has 3 atom stereocenters. The topological polar surface area (TPSA) is 96.5 Å². The monoisotopic (exact) mass is 471 g/mol. The Morgan fingerprint density at radius 3 is 2.67 bits per heavy atom. The third kappa shape index (κ3) is 5.75. The summed E-state index contributed by atoms with van der Waals surface area (Å²) in [4.78, 5) is 13.0. The molecular formula is C25H33N3O4S. The van der Waals surface area contributed by atoms with Crippen LogP contribution < -0.4 is 20.7 Å². The van der Waals surface area contributed by atoms with E-state index in [9.17, 15) is 13.2 Å². The van der Waals surface area contributed by atoms with Gasteiger partial charge >= 0.3 is 0 Å². The smallest absolute Gasteiger partial charge is 0.237 e. The summed E-state index contributed by atoms with van der Waals surface area (Å²) in [5.74, 6) is 1.40. The first-order valence-electron chi connectivity index (χ1n) is 11.6. The van der Waals surface area contributed by atoms with Crippen LogP contribution in [0.15, 0.2) is 58.3 Å². The lowest BCUT2D eigenvalue weighted by molar-refractivity contribution is -0.123. The van der Waals surface area contributed by atoms with Gasteiger partial charge in [0.1, 0.15) is 5.75 Å². The largest absolute Gasteiger partial charge is 0.493 e. The number of sulfone groups is 1. The highest BCUT2D eigenvalue weighted by Crippen LogP contribution is 2.26. The van der Waals surface area contributed by atoms with E-state index in [2.05, 4.69) is 16.0 Å². The van der Waals surface area contributed by atoms with Crippen LogP contribution in [-0.4, -0.2) is 46.1 Å². The van der Waals surface area contributed by atoms with Crippen LogP contribution in [-0.2, 0) is 21.2 Å². The molecule has 4 rings (SSSR count). The van der Waals surface area contributed by atoms with E-state index in [0.717, 1.165) is 31.5 Å². The lowest BCUT2D eigenvalue weighted by Crippen LogP contribution is -2.45. The normalized spacial score (nSPS) is 22.7. The first kappa shape index (κ1) is 23.7. The predicted octanol–water partition coefficient (Wildman–Crippen LogP) is 2.51. The minimum absolute atomic E-state index is 0.000638. The van der Waals surface area contributed by atoms with Crippen LogP contribution >= 0.6 is 0 Å². The van der Waals surface area contributed by atoms with E-state index < -0.39 is 9.84 Å². The quantitative estimate of drug-likeness (QED) is 0.548. The Hall–Kier alpha value is -2.42. The van der Waals surface area contributed by atoms with Gasteiger partial charge in [-0.15, -0.1) is 0 Å². The molecule has 0 radical (unpaired) electrons. The Morgan fingerprint density at radius 1 is 1.15 bits per heavy atom. The number of hydrogen-bond acceptors (Lipinski definition) is 6. The average molecular weight is 472 g/mol. The van der Waals surface area contributed by atoms with E-state index in [1.54, 1.807) is 48.5 Å². The van der Waals surface area contributed by atoms with Gasteiger partial charge < -0.3 is 20.7 Å². The lowest BCUT2D eigenvalue weighted by atomic mass is 9.94. The van der Waals surface area contributed by atoms with Gasteiger partial charge in [0.05, 0.1) is 22.4 Å². The maximum atomic E-state index is 13.1. The van der Waals surface area contributed by atoms with Gasteiger partial charge in [0.15, 0.2) is 0 Å². The van der Waals surface area contributed by atoms with Crippen LogP contribution in [0.2, 0.25) is 0 Å². The molecule has 2 heterocycles. The first-order valence-corrected chi connectivity index (χ1v) is 13.1. The van der Waals surface area contributed by atoms with Crippen molar-refractivity contribution in [3.63, 3.8) is 0 Å². The SMILES string of the molecule is CC(C)COc1cccc(S(=O)(=O)c2ccc(CNC(=O)C3CC4CNCCC4N3)cc2)c1. The Bertz CT molecular complexity index is 1060. The van der Waals surface area contributed by atoms with E-state index in [1.165, 1.54) is 0 Å². The predicted molar refractivity (Wildman–Crippen MR) is 127 cm³/mol. The van der Waals surface area contributed by atoms with Gasteiger partial charge in [0.25, 0.3) is 0 Å². The summed E-state index contributed by atoms with van der Waals surface area (Å²) in [6.07, 6.45) is 1.90. The van der Waals surface area contributed by atoms with Crippen LogP contribution in [0.5, 0.6) is 5.75 Å². The van der Waals surface area contributed by atoms with Crippen molar-refractivity contribution in [3.8, 4) is 5.75 Å². The third-order valence-corrected chi connectivity index (χ3v) is 8.04. The van der Waals surface area contributed by atoms with Gasteiger partial charge in [-0.3, -0.25) is 4.79 Å². The maximum Gasteiger partial charge on any atom is 0.237 e. The summed E-state index contributed by atoms with van der Waals surface area (Å²) in [7, 11) is -3.66. The van der Waals surface area contributed by atoms with Crippen molar-refractivity contribution in [2.24, 2.45) is 11.8 Å². The fraction of sp³-hybridized carbons (Fsp3) is 0.480. The van der Waals surface area contributed by atoms with Gasteiger partial charge in [-0.05, 0) is 73.7 Å². The number of ether oxygens (including phenoxy) is 1. The van der Waals surface area contributed by atoms with Crippen molar-refractivity contribution >= 4 is 15.7 Å². The van der Waals surface area contributed by atoms with Gasteiger partial charge in [0, 0.05) is 12.6 Å².